The van der Waals surface area contributed by atoms with Crippen molar-refractivity contribution in [2.24, 2.45) is 0 Å². The molecule has 0 bridgehead atoms. The summed E-state index contributed by atoms with van der Waals surface area (Å²) in [6, 6.07) is 12.3. The lowest BCUT2D eigenvalue weighted by Gasteiger charge is -2.33. The fraction of sp³-hybridized carbons (Fsp3) is 0.348. The van der Waals surface area contributed by atoms with E-state index in [1.165, 1.54) is 0 Å². The minimum Gasteiger partial charge on any atom is -0.454 e. The van der Waals surface area contributed by atoms with Crippen LogP contribution in [0.1, 0.15) is 58.9 Å². The van der Waals surface area contributed by atoms with Crippen molar-refractivity contribution in [3.8, 4) is 0 Å². The summed E-state index contributed by atoms with van der Waals surface area (Å²) in [6.45, 7) is 4.68. The molecule has 0 unspecified atom stereocenters. The molecule has 1 amide bonds. The molecule has 2 aliphatic rings. The SMILES string of the molecule is CC(C)c1ccc(C(=O)COC(=O)c2ccc3c(c2)NC(=O)[C@H]2CCCN32)cc1. The van der Waals surface area contributed by atoms with Gasteiger partial charge in [-0.1, -0.05) is 38.1 Å². The van der Waals surface area contributed by atoms with E-state index < -0.39 is 5.97 Å². The molecule has 1 fully saturated rings. The van der Waals surface area contributed by atoms with Crippen molar-refractivity contribution < 1.29 is 19.1 Å². The summed E-state index contributed by atoms with van der Waals surface area (Å²) in [5.74, 6) is -0.490. The van der Waals surface area contributed by atoms with Gasteiger partial charge < -0.3 is 15.0 Å². The second-order valence-electron chi connectivity index (χ2n) is 7.85. The number of hydrogen-bond donors (Lipinski definition) is 1. The highest BCUT2D eigenvalue weighted by Crippen LogP contribution is 2.37. The molecular formula is C23H24N2O4. The van der Waals surface area contributed by atoms with Crippen LogP contribution in [0.2, 0.25) is 0 Å². The zero-order chi connectivity index (χ0) is 20.5. The van der Waals surface area contributed by atoms with Gasteiger partial charge in [-0.05, 0) is 42.5 Å². The molecule has 2 heterocycles. The second-order valence-corrected chi connectivity index (χ2v) is 7.85. The number of carbonyl (C=O) groups excluding carboxylic acids is 3. The molecule has 2 aliphatic heterocycles. The van der Waals surface area contributed by atoms with E-state index in [1.807, 2.05) is 18.2 Å². The van der Waals surface area contributed by atoms with Gasteiger partial charge in [0.2, 0.25) is 5.91 Å². The number of esters is 1. The highest BCUT2D eigenvalue weighted by molar-refractivity contribution is 6.06. The third-order valence-electron chi connectivity index (χ3n) is 5.59. The first-order valence-corrected chi connectivity index (χ1v) is 9.96. The molecule has 2 aromatic rings. The third-order valence-corrected chi connectivity index (χ3v) is 5.59. The summed E-state index contributed by atoms with van der Waals surface area (Å²) in [4.78, 5) is 39.1. The number of fused-ring (bicyclic) bond motifs is 3. The van der Waals surface area contributed by atoms with Gasteiger partial charge in [0, 0.05) is 12.1 Å². The summed E-state index contributed by atoms with van der Waals surface area (Å²) in [7, 11) is 0. The average molecular weight is 392 g/mol. The quantitative estimate of drug-likeness (QED) is 0.619. The maximum Gasteiger partial charge on any atom is 0.338 e. The zero-order valence-electron chi connectivity index (χ0n) is 16.6. The number of hydrogen-bond acceptors (Lipinski definition) is 5. The molecule has 0 aliphatic carbocycles. The Labute approximate surface area is 169 Å². The minimum atomic E-state index is -0.585. The van der Waals surface area contributed by atoms with E-state index in [9.17, 15) is 14.4 Å². The molecule has 150 valence electrons. The number of rotatable bonds is 5. The van der Waals surface area contributed by atoms with Crippen molar-refractivity contribution in [2.45, 2.75) is 38.6 Å². The third kappa shape index (κ3) is 3.75. The predicted molar refractivity (Wildman–Crippen MR) is 111 cm³/mol. The van der Waals surface area contributed by atoms with Gasteiger partial charge in [-0.2, -0.15) is 0 Å². The number of amides is 1. The molecule has 1 N–H and O–H groups in total. The normalized spacial score (nSPS) is 17.6. The Balaban J connectivity index is 1.42. The van der Waals surface area contributed by atoms with Crippen molar-refractivity contribution in [1.82, 2.24) is 0 Å². The Hall–Kier alpha value is -3.15. The Morgan fingerprint density at radius 2 is 1.86 bits per heavy atom. The van der Waals surface area contributed by atoms with Crippen LogP contribution in [-0.4, -0.2) is 36.9 Å². The maximum atomic E-state index is 12.4. The molecule has 6 nitrogen and oxygen atoms in total. The number of benzene rings is 2. The van der Waals surface area contributed by atoms with Gasteiger partial charge in [-0.15, -0.1) is 0 Å². The van der Waals surface area contributed by atoms with E-state index in [0.29, 0.717) is 22.7 Å². The summed E-state index contributed by atoms with van der Waals surface area (Å²) >= 11 is 0. The van der Waals surface area contributed by atoms with Crippen LogP contribution in [0, 0.1) is 0 Å². The molecule has 0 radical (unpaired) electrons. The molecule has 1 atom stereocenters. The Morgan fingerprint density at radius 1 is 1.14 bits per heavy atom. The van der Waals surface area contributed by atoms with Crippen molar-refractivity contribution in [2.75, 3.05) is 23.4 Å². The molecule has 4 rings (SSSR count). The fourth-order valence-corrected chi connectivity index (χ4v) is 3.91. The van der Waals surface area contributed by atoms with Crippen LogP contribution in [-0.2, 0) is 9.53 Å². The van der Waals surface area contributed by atoms with E-state index in [4.69, 9.17) is 4.74 Å². The van der Waals surface area contributed by atoms with Crippen molar-refractivity contribution in [1.29, 1.82) is 0 Å². The molecule has 0 saturated carbocycles. The number of nitrogens with zero attached hydrogens (tertiary/aromatic N) is 1. The number of nitrogens with one attached hydrogen (secondary N) is 1. The molecule has 0 spiro atoms. The maximum absolute atomic E-state index is 12.4. The molecule has 6 heteroatoms. The summed E-state index contributed by atoms with van der Waals surface area (Å²) in [5, 5.41) is 2.88. The van der Waals surface area contributed by atoms with Gasteiger partial charge in [0.25, 0.3) is 0 Å². The fourth-order valence-electron chi connectivity index (χ4n) is 3.91. The van der Waals surface area contributed by atoms with Gasteiger partial charge in [-0.25, -0.2) is 4.79 Å². The zero-order valence-corrected chi connectivity index (χ0v) is 16.6. The summed E-state index contributed by atoms with van der Waals surface area (Å²) in [6.07, 6.45) is 1.82. The lowest BCUT2D eigenvalue weighted by atomic mass is 10.0. The first-order valence-electron chi connectivity index (χ1n) is 9.96. The Kier molecular flexibility index (Phi) is 5.09. The van der Waals surface area contributed by atoms with Crippen LogP contribution >= 0.6 is 0 Å². The lowest BCUT2D eigenvalue weighted by molar-refractivity contribution is -0.117. The summed E-state index contributed by atoms with van der Waals surface area (Å²) < 4.78 is 5.21. The standard InChI is InChI=1S/C23H24N2O4/c1-14(2)15-5-7-16(8-6-15)21(26)13-29-23(28)17-9-10-19-18(12-17)24-22(27)20-4-3-11-25(19)20/h5-10,12,14,20H,3-4,11,13H2,1-2H3,(H,24,27)/t20-/m1/s1. The monoisotopic (exact) mass is 392 g/mol. The molecule has 1 saturated heterocycles. The number of ether oxygens (including phenoxy) is 1. The molecule has 29 heavy (non-hydrogen) atoms. The van der Waals surface area contributed by atoms with Crippen LogP contribution in [0.4, 0.5) is 11.4 Å². The van der Waals surface area contributed by atoms with Gasteiger partial charge in [0.15, 0.2) is 12.4 Å². The highest BCUT2D eigenvalue weighted by Gasteiger charge is 2.36. The first kappa shape index (κ1) is 19.2. The number of carbonyl (C=O) groups is 3. The van der Waals surface area contributed by atoms with E-state index in [1.54, 1.807) is 24.3 Å². The van der Waals surface area contributed by atoms with Gasteiger partial charge in [0.05, 0.1) is 16.9 Å². The van der Waals surface area contributed by atoms with Gasteiger partial charge in [0.1, 0.15) is 6.04 Å². The number of Topliss-reactive ketones (excluding diaryl/α,β-unsaturated/α-hetero) is 1. The van der Waals surface area contributed by atoms with Crippen molar-refractivity contribution in [3.63, 3.8) is 0 Å². The van der Waals surface area contributed by atoms with E-state index >= 15 is 0 Å². The van der Waals surface area contributed by atoms with E-state index in [0.717, 1.165) is 30.6 Å². The molecule has 2 aromatic carbocycles. The average Bonchev–Trinajstić information content (AvgIpc) is 3.22. The van der Waals surface area contributed by atoms with Crippen LogP contribution in [0.25, 0.3) is 0 Å². The molecular weight excluding hydrogens is 368 g/mol. The number of ketones is 1. The Morgan fingerprint density at radius 3 is 2.59 bits per heavy atom. The van der Waals surface area contributed by atoms with Crippen LogP contribution in [0.15, 0.2) is 42.5 Å². The predicted octanol–water partition coefficient (Wildman–Crippen LogP) is 3.77. The lowest BCUT2D eigenvalue weighted by Crippen LogP contribution is -2.43. The summed E-state index contributed by atoms with van der Waals surface area (Å²) in [5.41, 5.74) is 3.50. The topological polar surface area (TPSA) is 75.7 Å². The van der Waals surface area contributed by atoms with Crippen molar-refractivity contribution in [3.05, 3.63) is 59.2 Å². The largest absolute Gasteiger partial charge is 0.454 e. The van der Waals surface area contributed by atoms with Crippen LogP contribution < -0.4 is 10.2 Å². The van der Waals surface area contributed by atoms with Gasteiger partial charge >= 0.3 is 5.97 Å². The van der Waals surface area contributed by atoms with Gasteiger partial charge in [-0.3, -0.25) is 9.59 Å². The highest BCUT2D eigenvalue weighted by atomic mass is 16.5. The van der Waals surface area contributed by atoms with E-state index in [2.05, 4.69) is 24.1 Å². The van der Waals surface area contributed by atoms with Crippen LogP contribution in [0.3, 0.4) is 0 Å². The van der Waals surface area contributed by atoms with Crippen molar-refractivity contribution >= 4 is 29.0 Å². The molecule has 0 aromatic heterocycles. The second kappa shape index (κ2) is 7.70. The minimum absolute atomic E-state index is 0.0412. The number of anilines is 2. The smallest absolute Gasteiger partial charge is 0.338 e. The first-order chi connectivity index (χ1) is 13.9. The van der Waals surface area contributed by atoms with E-state index in [-0.39, 0.29) is 24.3 Å². The van der Waals surface area contributed by atoms with Crippen LogP contribution in [0.5, 0.6) is 0 Å². The Bertz CT molecular complexity index is 965.